The van der Waals surface area contributed by atoms with Gasteiger partial charge in [0.05, 0.1) is 0 Å². The number of halogens is 1. The first-order chi connectivity index (χ1) is 22.6. The van der Waals surface area contributed by atoms with Crippen LogP contribution in [0.5, 0.6) is 0 Å². The van der Waals surface area contributed by atoms with Crippen molar-refractivity contribution in [3.63, 3.8) is 0 Å². The van der Waals surface area contributed by atoms with Crippen LogP contribution in [0.1, 0.15) is 98.1 Å². The van der Waals surface area contributed by atoms with E-state index in [1.165, 1.54) is 34.9 Å². The third kappa shape index (κ3) is 13.6. The van der Waals surface area contributed by atoms with Gasteiger partial charge in [-0.05, 0) is 83.8 Å². The van der Waals surface area contributed by atoms with E-state index in [4.69, 9.17) is 18.9 Å². The summed E-state index contributed by atoms with van der Waals surface area (Å²) in [7, 11) is 2.65. The minimum Gasteiger partial charge on any atom is -0.479 e. The highest BCUT2D eigenvalue weighted by molar-refractivity contribution is 5.90. The van der Waals surface area contributed by atoms with Crippen LogP contribution in [-0.4, -0.2) is 108 Å². The van der Waals surface area contributed by atoms with E-state index in [0.29, 0.717) is 24.7 Å². The molecule has 49 heavy (non-hydrogen) atoms. The highest BCUT2D eigenvalue weighted by Crippen LogP contribution is 2.28. The van der Waals surface area contributed by atoms with Gasteiger partial charge in [-0.2, -0.15) is 0 Å². The average molecular weight is 695 g/mol. The van der Waals surface area contributed by atoms with E-state index in [2.05, 4.69) is 0 Å². The highest BCUT2D eigenvalue weighted by Gasteiger charge is 2.40. The lowest BCUT2D eigenvalue weighted by Gasteiger charge is -2.34. The van der Waals surface area contributed by atoms with E-state index >= 15 is 4.39 Å². The molecular weight excluding hydrogens is 639 g/mol. The molecule has 1 fully saturated rings. The molecule has 0 aromatic heterocycles. The van der Waals surface area contributed by atoms with Gasteiger partial charge in [0.15, 0.2) is 12.2 Å². The summed E-state index contributed by atoms with van der Waals surface area (Å²) in [5.41, 5.74) is -1.05. The van der Waals surface area contributed by atoms with Crippen LogP contribution in [0.4, 0.5) is 9.18 Å². The molecule has 0 aliphatic carbocycles. The van der Waals surface area contributed by atoms with E-state index in [9.17, 15) is 29.1 Å². The van der Waals surface area contributed by atoms with Crippen LogP contribution in [0.15, 0.2) is 24.3 Å². The maximum atomic E-state index is 15.0. The van der Waals surface area contributed by atoms with Gasteiger partial charge >= 0.3 is 24.0 Å². The van der Waals surface area contributed by atoms with Crippen LogP contribution in [0.2, 0.25) is 0 Å². The highest BCUT2D eigenvalue weighted by atomic mass is 19.1. The van der Waals surface area contributed by atoms with E-state index in [1.54, 1.807) is 20.8 Å². The molecule has 2 amide bonds. The third-order valence-corrected chi connectivity index (χ3v) is 8.15. The van der Waals surface area contributed by atoms with Crippen molar-refractivity contribution in [2.24, 2.45) is 5.92 Å². The molecule has 13 heteroatoms. The second-order valence-electron chi connectivity index (χ2n) is 14.8. The van der Waals surface area contributed by atoms with Crippen molar-refractivity contribution in [1.29, 1.82) is 0 Å². The Morgan fingerprint density at radius 1 is 0.898 bits per heavy atom. The fourth-order valence-corrected chi connectivity index (χ4v) is 5.41. The SMILES string of the molecule is CC(C)C[C@@H](C(=O)O[C@H](C)C(=O)O)N(C)C(=O)[C@@H](Cc1ccc(C2CCOCC2)cc1)OC(=O)[C@H](CC(C)(C)F)N(C)C(=O)OC(C)(C)C. The van der Waals surface area contributed by atoms with Gasteiger partial charge in [-0.3, -0.25) is 9.69 Å². The molecule has 12 nitrogen and oxygen atoms in total. The molecule has 1 aromatic carbocycles. The lowest BCUT2D eigenvalue weighted by Crippen LogP contribution is -2.52. The largest absolute Gasteiger partial charge is 0.479 e. The molecule has 4 atom stereocenters. The van der Waals surface area contributed by atoms with E-state index in [-0.39, 0.29) is 18.8 Å². The fraction of sp³-hybridized carbons (Fsp3) is 0.694. The van der Waals surface area contributed by atoms with Gasteiger partial charge < -0.3 is 29.0 Å². The standard InChI is InChI=1S/C36H55FN2O10/c1-22(2)19-27(32(43)47-23(3)31(41)42)38(9)30(40)29(20-24-11-13-25(14-12-24)26-15-17-46-18-16-26)48-33(44)28(21-36(7,8)37)39(10)34(45)49-35(4,5)6/h11-14,22-23,26-29H,15-21H2,1-10H3,(H,41,42)/t23-,27+,28+,29-/m1/s1. The molecular formula is C36H55FN2O10. The summed E-state index contributed by atoms with van der Waals surface area (Å²) in [5, 5.41) is 9.29. The van der Waals surface area contributed by atoms with Crippen molar-refractivity contribution in [3.05, 3.63) is 35.4 Å². The zero-order valence-electron chi connectivity index (χ0n) is 30.6. The van der Waals surface area contributed by atoms with Gasteiger partial charge in [-0.15, -0.1) is 0 Å². The van der Waals surface area contributed by atoms with Crippen molar-refractivity contribution in [2.45, 2.75) is 129 Å². The number of ether oxygens (including phenoxy) is 4. The van der Waals surface area contributed by atoms with Gasteiger partial charge in [0, 0.05) is 40.2 Å². The number of alkyl halides is 1. The number of nitrogens with zero attached hydrogens (tertiary/aromatic N) is 2. The quantitative estimate of drug-likeness (QED) is 0.189. The van der Waals surface area contributed by atoms with Crippen molar-refractivity contribution >= 4 is 29.9 Å². The molecule has 0 unspecified atom stereocenters. The number of carbonyl (C=O) groups excluding carboxylic acids is 4. The monoisotopic (exact) mass is 694 g/mol. The first kappa shape index (κ1) is 41.4. The number of rotatable bonds is 15. The Kier molecular flexibility index (Phi) is 15.0. The summed E-state index contributed by atoms with van der Waals surface area (Å²) < 4.78 is 36.9. The van der Waals surface area contributed by atoms with Gasteiger partial charge in [-0.1, -0.05) is 38.1 Å². The Balaban J connectivity index is 2.49. The number of esters is 2. The topological polar surface area (TPSA) is 149 Å². The van der Waals surface area contributed by atoms with Crippen LogP contribution in [0.3, 0.4) is 0 Å². The lowest BCUT2D eigenvalue weighted by atomic mass is 9.90. The average Bonchev–Trinajstić information content (AvgIpc) is 3.00. The number of amides is 2. The summed E-state index contributed by atoms with van der Waals surface area (Å²) in [6.07, 6.45) is -2.48. The first-order valence-electron chi connectivity index (χ1n) is 16.8. The molecule has 1 aliphatic heterocycles. The Hall–Kier alpha value is -3.74. The first-order valence-corrected chi connectivity index (χ1v) is 16.8. The molecule has 276 valence electrons. The summed E-state index contributed by atoms with van der Waals surface area (Å²) in [5.74, 6) is -3.85. The predicted octanol–water partition coefficient (Wildman–Crippen LogP) is 5.30. The van der Waals surface area contributed by atoms with Crippen LogP contribution < -0.4 is 0 Å². The van der Waals surface area contributed by atoms with E-state index in [1.807, 2.05) is 38.1 Å². The predicted molar refractivity (Wildman–Crippen MR) is 180 cm³/mol. The van der Waals surface area contributed by atoms with Crippen LogP contribution >= 0.6 is 0 Å². The molecule has 1 heterocycles. The van der Waals surface area contributed by atoms with E-state index < -0.39 is 71.9 Å². The number of benzene rings is 1. The molecule has 0 bridgehead atoms. The van der Waals surface area contributed by atoms with Crippen LogP contribution in [0.25, 0.3) is 0 Å². The number of hydrogen-bond donors (Lipinski definition) is 1. The van der Waals surface area contributed by atoms with Crippen molar-refractivity contribution < 1.29 is 52.4 Å². The maximum absolute atomic E-state index is 15.0. The summed E-state index contributed by atoms with van der Waals surface area (Å²) in [6.45, 7) is 13.7. The number of carbonyl (C=O) groups is 5. The Morgan fingerprint density at radius 3 is 1.94 bits per heavy atom. The number of hydrogen-bond acceptors (Lipinski definition) is 9. The Morgan fingerprint density at radius 2 is 1.45 bits per heavy atom. The molecule has 0 spiro atoms. The molecule has 1 aromatic rings. The minimum absolute atomic E-state index is 0.0974. The smallest absolute Gasteiger partial charge is 0.410 e. The number of carboxylic acids is 1. The van der Waals surface area contributed by atoms with Gasteiger partial charge in [0.2, 0.25) is 0 Å². The van der Waals surface area contributed by atoms with Crippen LogP contribution in [0, 0.1) is 5.92 Å². The fourth-order valence-electron chi connectivity index (χ4n) is 5.41. The molecule has 1 N–H and O–H groups in total. The minimum atomic E-state index is -1.91. The summed E-state index contributed by atoms with van der Waals surface area (Å²) in [6, 6.07) is 4.92. The molecule has 1 aliphatic rings. The Labute approximate surface area is 289 Å². The molecule has 0 radical (unpaired) electrons. The molecule has 0 saturated carbocycles. The van der Waals surface area contributed by atoms with Gasteiger partial charge in [-0.25, -0.2) is 23.6 Å². The van der Waals surface area contributed by atoms with Gasteiger partial charge in [0.25, 0.3) is 5.91 Å². The zero-order chi connectivity index (χ0) is 37.3. The summed E-state index contributed by atoms with van der Waals surface area (Å²) >= 11 is 0. The van der Waals surface area contributed by atoms with E-state index in [0.717, 1.165) is 28.2 Å². The van der Waals surface area contributed by atoms with Crippen molar-refractivity contribution in [3.8, 4) is 0 Å². The van der Waals surface area contributed by atoms with Gasteiger partial charge in [0.1, 0.15) is 23.4 Å². The normalized spacial score (nSPS) is 16.6. The van der Waals surface area contributed by atoms with Crippen molar-refractivity contribution in [1.82, 2.24) is 9.80 Å². The maximum Gasteiger partial charge on any atom is 0.410 e. The molecule has 2 rings (SSSR count). The second-order valence-corrected chi connectivity index (χ2v) is 14.8. The summed E-state index contributed by atoms with van der Waals surface area (Å²) in [4.78, 5) is 67.6. The molecule has 1 saturated heterocycles. The third-order valence-electron chi connectivity index (χ3n) is 8.15. The number of likely N-dealkylation sites (N-methyl/N-ethyl adjacent to an activating group) is 2. The lowest BCUT2D eigenvalue weighted by molar-refractivity contribution is -0.172. The Bertz CT molecular complexity index is 1280. The van der Waals surface area contributed by atoms with Crippen LogP contribution in [-0.2, 0) is 44.5 Å². The number of aliphatic carboxylic acids is 1. The zero-order valence-corrected chi connectivity index (χ0v) is 30.6. The second kappa shape index (κ2) is 17.8. The number of carboxylic acid groups (broad SMARTS) is 1. The van der Waals surface area contributed by atoms with Crippen molar-refractivity contribution in [2.75, 3.05) is 27.3 Å².